The number of carbonyl (C=O) groups is 1. The van der Waals surface area contributed by atoms with Crippen molar-refractivity contribution in [2.75, 3.05) is 6.54 Å². The van der Waals surface area contributed by atoms with Gasteiger partial charge in [0.2, 0.25) is 12.3 Å². The smallest absolute Gasteiger partial charge is 0.243 e. The van der Waals surface area contributed by atoms with E-state index in [4.69, 9.17) is 0 Å². The molecular formula is C10H15F2NO. The number of unbranched alkanes of at least 4 members (excludes halogenated alkanes) is 1. The fourth-order valence-corrected chi connectivity index (χ4v) is 1.50. The summed E-state index contributed by atoms with van der Waals surface area (Å²) in [5.41, 5.74) is 1.09. The van der Waals surface area contributed by atoms with Crippen molar-refractivity contribution in [1.82, 2.24) is 5.32 Å². The van der Waals surface area contributed by atoms with Gasteiger partial charge in [0.05, 0.1) is 0 Å². The van der Waals surface area contributed by atoms with Crippen molar-refractivity contribution in [3.8, 4) is 0 Å². The van der Waals surface area contributed by atoms with Gasteiger partial charge < -0.3 is 5.32 Å². The van der Waals surface area contributed by atoms with E-state index in [0.717, 1.165) is 24.8 Å². The van der Waals surface area contributed by atoms with Crippen LogP contribution in [0.4, 0.5) is 8.78 Å². The number of carbonyl (C=O) groups excluding carboxylic acids is 1. The van der Waals surface area contributed by atoms with E-state index in [9.17, 15) is 13.6 Å². The first-order valence-electron chi connectivity index (χ1n) is 4.94. The molecule has 1 aliphatic heterocycles. The van der Waals surface area contributed by atoms with Gasteiger partial charge in [-0.1, -0.05) is 5.57 Å². The monoisotopic (exact) mass is 203 g/mol. The van der Waals surface area contributed by atoms with Crippen molar-refractivity contribution in [3.63, 3.8) is 0 Å². The number of hydrogen-bond donors (Lipinski definition) is 1. The third-order valence-corrected chi connectivity index (χ3v) is 2.25. The molecule has 1 heterocycles. The number of hydrogen-bond acceptors (Lipinski definition) is 1. The second-order valence-electron chi connectivity index (χ2n) is 3.48. The van der Waals surface area contributed by atoms with Gasteiger partial charge in [-0.25, -0.2) is 8.78 Å². The predicted molar refractivity (Wildman–Crippen MR) is 50.2 cm³/mol. The number of amides is 1. The minimum atomic E-state index is -2.20. The van der Waals surface area contributed by atoms with Crippen LogP contribution in [0.5, 0.6) is 0 Å². The quantitative estimate of drug-likeness (QED) is 0.682. The normalized spacial score (nSPS) is 16.8. The van der Waals surface area contributed by atoms with E-state index >= 15 is 0 Å². The third kappa shape index (κ3) is 4.35. The maximum Gasteiger partial charge on any atom is 0.243 e. The summed E-state index contributed by atoms with van der Waals surface area (Å²) in [5, 5.41) is 2.69. The second-order valence-corrected chi connectivity index (χ2v) is 3.48. The van der Waals surface area contributed by atoms with E-state index in [1.807, 2.05) is 0 Å². The lowest BCUT2D eigenvalue weighted by atomic mass is 10.0. The highest BCUT2D eigenvalue weighted by molar-refractivity contribution is 5.89. The summed E-state index contributed by atoms with van der Waals surface area (Å²) in [6.07, 6.45) is 2.30. The van der Waals surface area contributed by atoms with E-state index in [2.05, 4.69) is 5.32 Å². The van der Waals surface area contributed by atoms with E-state index in [0.29, 0.717) is 13.0 Å². The van der Waals surface area contributed by atoms with Crippen LogP contribution in [0, 0.1) is 0 Å². The van der Waals surface area contributed by atoms with E-state index < -0.39 is 6.43 Å². The molecule has 1 amide bonds. The van der Waals surface area contributed by atoms with Gasteiger partial charge in [-0.3, -0.25) is 4.79 Å². The molecule has 0 unspecified atom stereocenters. The largest absolute Gasteiger partial charge is 0.352 e. The molecule has 0 radical (unpaired) electrons. The Morgan fingerprint density at radius 3 is 2.86 bits per heavy atom. The van der Waals surface area contributed by atoms with Crippen LogP contribution in [-0.2, 0) is 4.79 Å². The van der Waals surface area contributed by atoms with Gasteiger partial charge in [-0.2, -0.15) is 0 Å². The van der Waals surface area contributed by atoms with Crippen LogP contribution in [0.3, 0.4) is 0 Å². The molecule has 0 saturated carbocycles. The molecule has 0 aliphatic carbocycles. The van der Waals surface area contributed by atoms with Crippen LogP contribution in [-0.4, -0.2) is 18.9 Å². The molecule has 0 fully saturated rings. The highest BCUT2D eigenvalue weighted by atomic mass is 19.3. The van der Waals surface area contributed by atoms with Gasteiger partial charge in [0.1, 0.15) is 0 Å². The summed E-state index contributed by atoms with van der Waals surface area (Å²) in [5.74, 6) is -0.0555. The molecule has 0 spiro atoms. The van der Waals surface area contributed by atoms with Crippen molar-refractivity contribution in [2.24, 2.45) is 0 Å². The van der Waals surface area contributed by atoms with E-state index in [1.54, 1.807) is 6.08 Å². The Balaban J connectivity index is 2.14. The Labute approximate surface area is 82.4 Å². The molecule has 14 heavy (non-hydrogen) atoms. The van der Waals surface area contributed by atoms with Gasteiger partial charge in [0, 0.05) is 19.0 Å². The van der Waals surface area contributed by atoms with Crippen LogP contribution in [0.15, 0.2) is 11.6 Å². The summed E-state index contributed by atoms with van der Waals surface area (Å²) < 4.78 is 23.6. The molecule has 0 aromatic heterocycles. The van der Waals surface area contributed by atoms with Crippen LogP contribution < -0.4 is 5.32 Å². The zero-order chi connectivity index (χ0) is 10.4. The maximum absolute atomic E-state index is 11.8. The summed E-state index contributed by atoms with van der Waals surface area (Å²) in [7, 11) is 0. The van der Waals surface area contributed by atoms with Gasteiger partial charge >= 0.3 is 0 Å². The van der Waals surface area contributed by atoms with E-state index in [-0.39, 0.29) is 12.3 Å². The van der Waals surface area contributed by atoms with Crippen molar-refractivity contribution in [2.45, 2.75) is 38.5 Å². The third-order valence-electron chi connectivity index (χ3n) is 2.25. The molecule has 4 heteroatoms. The molecule has 0 aromatic carbocycles. The standard InChI is InChI=1S/C10H15F2NO/c11-9(12)4-2-1-3-8-5-6-13-10(14)7-8/h7,9H,1-6H2,(H,13,14). The lowest BCUT2D eigenvalue weighted by Crippen LogP contribution is -2.26. The average Bonchev–Trinajstić information content (AvgIpc) is 2.12. The molecular weight excluding hydrogens is 188 g/mol. The number of nitrogens with one attached hydrogen (secondary N) is 1. The summed E-state index contributed by atoms with van der Waals surface area (Å²) in [6.45, 7) is 0.680. The molecule has 80 valence electrons. The summed E-state index contributed by atoms with van der Waals surface area (Å²) in [6, 6.07) is 0. The van der Waals surface area contributed by atoms with E-state index in [1.165, 1.54) is 0 Å². The summed E-state index contributed by atoms with van der Waals surface area (Å²) >= 11 is 0. The van der Waals surface area contributed by atoms with Crippen molar-refractivity contribution >= 4 is 5.91 Å². The van der Waals surface area contributed by atoms with Crippen LogP contribution in [0.25, 0.3) is 0 Å². The van der Waals surface area contributed by atoms with Crippen molar-refractivity contribution in [1.29, 1.82) is 0 Å². The van der Waals surface area contributed by atoms with Crippen LogP contribution in [0.2, 0.25) is 0 Å². The van der Waals surface area contributed by atoms with Gasteiger partial charge in [-0.15, -0.1) is 0 Å². The molecule has 0 bridgehead atoms. The Kier molecular flexibility index (Phi) is 4.56. The number of alkyl halides is 2. The van der Waals surface area contributed by atoms with Crippen LogP contribution >= 0.6 is 0 Å². The highest BCUT2D eigenvalue weighted by Gasteiger charge is 2.08. The molecule has 1 rings (SSSR count). The Bertz CT molecular complexity index is 226. The Morgan fingerprint density at radius 1 is 1.43 bits per heavy atom. The Morgan fingerprint density at radius 2 is 2.21 bits per heavy atom. The summed E-state index contributed by atoms with van der Waals surface area (Å²) in [4.78, 5) is 10.9. The molecule has 1 aliphatic rings. The van der Waals surface area contributed by atoms with Gasteiger partial charge in [0.25, 0.3) is 0 Å². The fourth-order valence-electron chi connectivity index (χ4n) is 1.50. The minimum Gasteiger partial charge on any atom is -0.352 e. The first-order chi connectivity index (χ1) is 6.68. The number of halogens is 2. The maximum atomic E-state index is 11.8. The zero-order valence-electron chi connectivity index (χ0n) is 8.06. The number of rotatable bonds is 5. The lowest BCUT2D eigenvalue weighted by molar-refractivity contribution is -0.116. The first kappa shape index (κ1) is 11.1. The highest BCUT2D eigenvalue weighted by Crippen LogP contribution is 2.15. The lowest BCUT2D eigenvalue weighted by Gasteiger charge is -2.13. The second kappa shape index (κ2) is 5.73. The van der Waals surface area contributed by atoms with Crippen molar-refractivity contribution < 1.29 is 13.6 Å². The zero-order valence-corrected chi connectivity index (χ0v) is 8.06. The predicted octanol–water partition coefficient (Wildman–Crippen LogP) is 2.26. The molecule has 0 saturated heterocycles. The molecule has 1 N–H and O–H groups in total. The fraction of sp³-hybridized carbons (Fsp3) is 0.700. The molecule has 0 aromatic rings. The van der Waals surface area contributed by atoms with Crippen molar-refractivity contribution in [3.05, 3.63) is 11.6 Å². The minimum absolute atomic E-state index is 0.0283. The molecule has 2 nitrogen and oxygen atoms in total. The SMILES string of the molecule is O=C1C=C(CCCCC(F)F)CCN1. The van der Waals surface area contributed by atoms with Crippen LogP contribution in [0.1, 0.15) is 32.1 Å². The molecule has 0 atom stereocenters. The first-order valence-corrected chi connectivity index (χ1v) is 4.94. The van der Waals surface area contributed by atoms with Gasteiger partial charge in [0.15, 0.2) is 0 Å². The topological polar surface area (TPSA) is 29.1 Å². The Hall–Kier alpha value is -0.930. The average molecular weight is 203 g/mol. The van der Waals surface area contributed by atoms with Gasteiger partial charge in [-0.05, 0) is 25.7 Å².